The highest BCUT2D eigenvalue weighted by molar-refractivity contribution is 5.74. The molecule has 0 bridgehead atoms. The van der Waals surface area contributed by atoms with Crippen molar-refractivity contribution >= 4 is 12.0 Å². The lowest BCUT2D eigenvalue weighted by molar-refractivity contribution is -0.143. The Labute approximate surface area is 95.2 Å². The molecule has 1 heterocycles. The van der Waals surface area contributed by atoms with E-state index >= 15 is 0 Å². The number of hydrogen-bond donors (Lipinski definition) is 0. The normalized spacial score (nSPS) is 20.0. The molecule has 82 valence electrons. The lowest BCUT2D eigenvalue weighted by atomic mass is 10.00. The summed E-state index contributed by atoms with van der Waals surface area (Å²) >= 11 is 0. The molecule has 0 fully saturated rings. The van der Waals surface area contributed by atoms with Gasteiger partial charge < -0.3 is 4.74 Å². The summed E-state index contributed by atoms with van der Waals surface area (Å²) in [5, 5.41) is 0. The first-order chi connectivity index (χ1) is 7.86. The van der Waals surface area contributed by atoms with Gasteiger partial charge in [0.1, 0.15) is 0 Å². The van der Waals surface area contributed by atoms with Gasteiger partial charge in [-0.1, -0.05) is 42.5 Å². The third-order valence-electron chi connectivity index (χ3n) is 2.56. The molecule has 0 saturated heterocycles. The molecule has 0 spiro atoms. The van der Waals surface area contributed by atoms with Crippen LogP contribution in [0.4, 0.5) is 0 Å². The van der Waals surface area contributed by atoms with Crippen LogP contribution in [0.15, 0.2) is 48.7 Å². The summed E-state index contributed by atoms with van der Waals surface area (Å²) in [5.41, 5.74) is 1.15. The number of carbonyl (C=O) groups is 1. The minimum atomic E-state index is -0.125. The van der Waals surface area contributed by atoms with E-state index < -0.39 is 0 Å². The van der Waals surface area contributed by atoms with E-state index in [0.717, 1.165) is 18.4 Å². The molecule has 2 nitrogen and oxygen atoms in total. The molecule has 0 amide bonds. The highest BCUT2D eigenvalue weighted by Crippen LogP contribution is 2.17. The molecule has 1 aliphatic heterocycles. The van der Waals surface area contributed by atoms with Crippen molar-refractivity contribution in [2.45, 2.75) is 12.8 Å². The number of cyclic esters (lactones) is 1. The van der Waals surface area contributed by atoms with Gasteiger partial charge in [0, 0.05) is 0 Å². The lowest BCUT2D eigenvalue weighted by Crippen LogP contribution is -2.17. The number of carbonyl (C=O) groups excluding carboxylic acids is 1. The van der Waals surface area contributed by atoms with E-state index in [1.165, 1.54) is 6.26 Å². The average Bonchev–Trinajstić information content (AvgIpc) is 2.33. The maximum atomic E-state index is 11.3. The number of esters is 1. The Hall–Kier alpha value is -1.83. The van der Waals surface area contributed by atoms with E-state index in [2.05, 4.69) is 0 Å². The van der Waals surface area contributed by atoms with Crippen molar-refractivity contribution in [3.63, 3.8) is 0 Å². The molecule has 1 aliphatic rings. The molecule has 0 aliphatic carbocycles. The SMILES string of the molecule is O=C1OC=CCC1CC=Cc1ccccc1. The molecule has 0 N–H and O–H groups in total. The monoisotopic (exact) mass is 214 g/mol. The van der Waals surface area contributed by atoms with Crippen molar-refractivity contribution in [2.75, 3.05) is 0 Å². The number of hydrogen-bond acceptors (Lipinski definition) is 2. The van der Waals surface area contributed by atoms with Crippen LogP contribution in [-0.2, 0) is 9.53 Å². The minimum Gasteiger partial charge on any atom is -0.435 e. The fourth-order valence-corrected chi connectivity index (χ4v) is 1.65. The largest absolute Gasteiger partial charge is 0.435 e. The fourth-order valence-electron chi connectivity index (χ4n) is 1.65. The number of rotatable bonds is 3. The van der Waals surface area contributed by atoms with E-state index in [0.29, 0.717) is 0 Å². The summed E-state index contributed by atoms with van der Waals surface area (Å²) in [4.78, 5) is 11.3. The third-order valence-corrected chi connectivity index (χ3v) is 2.56. The molecule has 2 rings (SSSR count). The van der Waals surface area contributed by atoms with Crippen molar-refractivity contribution in [3.8, 4) is 0 Å². The van der Waals surface area contributed by atoms with E-state index in [4.69, 9.17) is 4.74 Å². The van der Waals surface area contributed by atoms with E-state index in [1.54, 1.807) is 0 Å². The molecule has 0 aromatic heterocycles. The Balaban J connectivity index is 1.90. The van der Waals surface area contributed by atoms with Crippen LogP contribution in [0.25, 0.3) is 6.08 Å². The highest BCUT2D eigenvalue weighted by atomic mass is 16.5. The van der Waals surface area contributed by atoms with Crippen molar-refractivity contribution in [1.29, 1.82) is 0 Å². The van der Waals surface area contributed by atoms with Gasteiger partial charge >= 0.3 is 5.97 Å². The van der Waals surface area contributed by atoms with Gasteiger partial charge in [-0.2, -0.15) is 0 Å². The summed E-state index contributed by atoms with van der Waals surface area (Å²) in [6, 6.07) is 10.1. The Morgan fingerprint density at radius 3 is 2.88 bits per heavy atom. The van der Waals surface area contributed by atoms with Gasteiger partial charge in [0.25, 0.3) is 0 Å². The zero-order valence-corrected chi connectivity index (χ0v) is 9.00. The van der Waals surface area contributed by atoms with Crippen LogP contribution in [0.3, 0.4) is 0 Å². The minimum absolute atomic E-state index is 0.0232. The highest BCUT2D eigenvalue weighted by Gasteiger charge is 2.19. The lowest BCUT2D eigenvalue weighted by Gasteiger charge is -2.13. The second-order valence-corrected chi connectivity index (χ2v) is 3.79. The first-order valence-electron chi connectivity index (χ1n) is 5.43. The summed E-state index contributed by atoms with van der Waals surface area (Å²) < 4.78 is 4.84. The van der Waals surface area contributed by atoms with Gasteiger partial charge in [-0.25, -0.2) is 0 Å². The van der Waals surface area contributed by atoms with E-state index in [9.17, 15) is 4.79 Å². The number of benzene rings is 1. The van der Waals surface area contributed by atoms with Gasteiger partial charge in [0.05, 0.1) is 12.2 Å². The molecule has 1 unspecified atom stereocenters. The Morgan fingerprint density at radius 2 is 2.12 bits per heavy atom. The molecular formula is C14H14O2. The van der Waals surface area contributed by atoms with Crippen LogP contribution >= 0.6 is 0 Å². The summed E-state index contributed by atoms with van der Waals surface area (Å²) in [5.74, 6) is -0.148. The molecule has 1 aromatic rings. The Bertz CT molecular complexity index is 404. The van der Waals surface area contributed by atoms with Gasteiger partial charge in [0.15, 0.2) is 0 Å². The smallest absolute Gasteiger partial charge is 0.314 e. The maximum Gasteiger partial charge on any atom is 0.314 e. The predicted octanol–water partition coefficient (Wildman–Crippen LogP) is 3.17. The molecule has 1 atom stereocenters. The van der Waals surface area contributed by atoms with Crippen LogP contribution in [0.5, 0.6) is 0 Å². The predicted molar refractivity (Wildman–Crippen MR) is 63.4 cm³/mol. The second kappa shape index (κ2) is 5.31. The molecule has 0 saturated carbocycles. The molecule has 2 heteroatoms. The summed E-state index contributed by atoms with van der Waals surface area (Å²) in [6.07, 6.45) is 8.93. The van der Waals surface area contributed by atoms with Crippen LogP contribution in [0, 0.1) is 5.92 Å². The quantitative estimate of drug-likeness (QED) is 0.722. The van der Waals surface area contributed by atoms with Crippen LogP contribution in [-0.4, -0.2) is 5.97 Å². The molecule has 1 aromatic carbocycles. The maximum absolute atomic E-state index is 11.3. The summed E-state index contributed by atoms with van der Waals surface area (Å²) in [6.45, 7) is 0. The molecular weight excluding hydrogens is 200 g/mol. The van der Waals surface area contributed by atoms with Crippen molar-refractivity contribution in [1.82, 2.24) is 0 Å². The standard InChI is InChI=1S/C14H14O2/c15-14-13(10-5-11-16-14)9-4-8-12-6-2-1-3-7-12/h1-8,11,13H,9-10H2. The number of ether oxygens (including phenoxy) is 1. The second-order valence-electron chi connectivity index (χ2n) is 3.79. The van der Waals surface area contributed by atoms with Gasteiger partial charge in [-0.05, 0) is 24.5 Å². The van der Waals surface area contributed by atoms with Crippen molar-refractivity contribution in [3.05, 3.63) is 54.3 Å². The zero-order chi connectivity index (χ0) is 11.2. The van der Waals surface area contributed by atoms with Gasteiger partial charge in [-0.15, -0.1) is 0 Å². The zero-order valence-electron chi connectivity index (χ0n) is 9.00. The van der Waals surface area contributed by atoms with E-state index in [-0.39, 0.29) is 11.9 Å². The number of allylic oxidation sites excluding steroid dienone is 2. The van der Waals surface area contributed by atoms with Crippen LogP contribution in [0.2, 0.25) is 0 Å². The van der Waals surface area contributed by atoms with E-state index in [1.807, 2.05) is 48.6 Å². The van der Waals surface area contributed by atoms with Gasteiger partial charge in [-0.3, -0.25) is 4.79 Å². The van der Waals surface area contributed by atoms with Crippen LogP contribution < -0.4 is 0 Å². The first kappa shape index (κ1) is 10.7. The first-order valence-corrected chi connectivity index (χ1v) is 5.43. The van der Waals surface area contributed by atoms with Gasteiger partial charge in [0.2, 0.25) is 0 Å². The average molecular weight is 214 g/mol. The van der Waals surface area contributed by atoms with Crippen molar-refractivity contribution in [2.24, 2.45) is 5.92 Å². The molecule has 0 radical (unpaired) electrons. The van der Waals surface area contributed by atoms with Crippen LogP contribution in [0.1, 0.15) is 18.4 Å². The third kappa shape index (κ3) is 2.83. The Kier molecular flexibility index (Phi) is 3.54. The van der Waals surface area contributed by atoms with Crippen molar-refractivity contribution < 1.29 is 9.53 Å². The summed E-state index contributed by atoms with van der Waals surface area (Å²) in [7, 11) is 0. The Morgan fingerprint density at radius 1 is 1.31 bits per heavy atom. The molecule has 16 heavy (non-hydrogen) atoms. The topological polar surface area (TPSA) is 26.3 Å². The fraction of sp³-hybridized carbons (Fsp3) is 0.214.